The maximum Gasteiger partial charge on any atom is 0.319 e. The second-order valence-corrected chi connectivity index (χ2v) is 12.3. The van der Waals surface area contributed by atoms with Gasteiger partial charge in [0.1, 0.15) is 22.8 Å². The van der Waals surface area contributed by atoms with Gasteiger partial charge in [0.25, 0.3) is 0 Å². The minimum atomic E-state index is -0.893. The van der Waals surface area contributed by atoms with Gasteiger partial charge in [0.2, 0.25) is 0 Å². The summed E-state index contributed by atoms with van der Waals surface area (Å²) in [5, 5.41) is 12.8. The molecule has 2 fully saturated rings. The van der Waals surface area contributed by atoms with Crippen molar-refractivity contribution in [2.75, 3.05) is 45.2 Å². The maximum atomic E-state index is 16.6. The molecule has 2 aliphatic rings. The molecule has 216 valence electrons. The molecule has 41 heavy (non-hydrogen) atoms. The van der Waals surface area contributed by atoms with Crippen LogP contribution in [0.5, 0.6) is 6.01 Å². The molecule has 1 saturated heterocycles. The summed E-state index contributed by atoms with van der Waals surface area (Å²) in [5.74, 6) is -0.426. The molecule has 3 heterocycles. The molecule has 0 bridgehead atoms. The lowest BCUT2D eigenvalue weighted by Gasteiger charge is -2.37. The van der Waals surface area contributed by atoms with Crippen LogP contribution in [0.25, 0.3) is 32.9 Å². The zero-order chi connectivity index (χ0) is 28.9. The first-order valence-corrected chi connectivity index (χ1v) is 14.4. The normalized spacial score (nSPS) is 20.2. The molecule has 1 atom stereocenters. The van der Waals surface area contributed by atoms with E-state index in [2.05, 4.69) is 14.9 Å². The Morgan fingerprint density at radius 2 is 1.90 bits per heavy atom. The number of hydrogen-bond acceptors (Lipinski definition) is 7. The van der Waals surface area contributed by atoms with Crippen molar-refractivity contribution in [3.8, 4) is 17.3 Å². The Hall–Kier alpha value is -3.43. The standard InChI is InChI=1S/C32H37F2N5O2/c1-5-21-24(33)11-10-20-8-6-9-22(25(20)21)27-26(34)28-23(16-35-27)29(39-15-7-12-31(2,40)17-39)37-30(36-28)41-19-32(13-14-32)18-38(3)4/h6,8-11,16,40H,5,7,12-15,17-19H2,1-4H3/t31-/m1/s1. The second-order valence-electron chi connectivity index (χ2n) is 12.3. The van der Waals surface area contributed by atoms with Gasteiger partial charge in [0.15, 0.2) is 5.82 Å². The van der Waals surface area contributed by atoms with Crippen LogP contribution >= 0.6 is 0 Å². The number of hydrogen-bond donors (Lipinski definition) is 1. The summed E-state index contributed by atoms with van der Waals surface area (Å²) in [6.07, 6.45) is 5.62. The van der Waals surface area contributed by atoms with Crippen LogP contribution in [-0.2, 0) is 6.42 Å². The molecular formula is C32H37F2N5O2. The van der Waals surface area contributed by atoms with Crippen LogP contribution in [0.1, 0.15) is 45.1 Å². The number of β-amino-alcohol motifs (C(OH)–C–C–N with tert-alkyl or cyclic N) is 1. The molecule has 0 radical (unpaired) electrons. The Morgan fingerprint density at radius 1 is 1.10 bits per heavy atom. The molecule has 1 aliphatic carbocycles. The van der Waals surface area contributed by atoms with Crippen molar-refractivity contribution in [1.29, 1.82) is 0 Å². The minimum Gasteiger partial charge on any atom is -0.463 e. The van der Waals surface area contributed by atoms with Crippen LogP contribution in [0.3, 0.4) is 0 Å². The van der Waals surface area contributed by atoms with E-state index in [4.69, 9.17) is 9.72 Å². The van der Waals surface area contributed by atoms with Crippen molar-refractivity contribution in [3.63, 3.8) is 0 Å². The lowest BCUT2D eigenvalue weighted by Crippen LogP contribution is -2.46. The van der Waals surface area contributed by atoms with Gasteiger partial charge in [-0.25, -0.2) is 8.78 Å². The first kappa shape index (κ1) is 27.7. The molecule has 7 nitrogen and oxygen atoms in total. The third kappa shape index (κ3) is 5.33. The number of pyridine rings is 1. The summed E-state index contributed by atoms with van der Waals surface area (Å²) >= 11 is 0. The number of fused-ring (bicyclic) bond motifs is 2. The van der Waals surface area contributed by atoms with E-state index >= 15 is 4.39 Å². The van der Waals surface area contributed by atoms with E-state index in [1.165, 1.54) is 6.07 Å². The zero-order valence-corrected chi connectivity index (χ0v) is 24.2. The number of aliphatic hydroxyl groups is 1. The highest BCUT2D eigenvalue weighted by atomic mass is 19.1. The number of halogens is 2. The first-order chi connectivity index (χ1) is 19.6. The second kappa shape index (κ2) is 10.4. The van der Waals surface area contributed by atoms with Crippen LogP contribution in [0.2, 0.25) is 0 Å². The summed E-state index contributed by atoms with van der Waals surface area (Å²) in [6, 6.07) is 8.77. The van der Waals surface area contributed by atoms with Crippen molar-refractivity contribution in [2.45, 2.75) is 51.6 Å². The zero-order valence-electron chi connectivity index (χ0n) is 24.2. The minimum absolute atomic E-state index is 0.0440. The predicted molar refractivity (Wildman–Crippen MR) is 157 cm³/mol. The van der Waals surface area contributed by atoms with Gasteiger partial charge in [-0.15, -0.1) is 0 Å². The van der Waals surface area contributed by atoms with Crippen LogP contribution in [0, 0.1) is 17.0 Å². The van der Waals surface area contributed by atoms with E-state index in [0.717, 1.165) is 31.2 Å². The highest BCUT2D eigenvalue weighted by Gasteiger charge is 2.44. The molecule has 2 aromatic carbocycles. The van der Waals surface area contributed by atoms with Gasteiger partial charge in [0, 0.05) is 36.8 Å². The number of rotatable bonds is 8. The van der Waals surface area contributed by atoms with Gasteiger partial charge in [-0.05, 0) is 75.5 Å². The van der Waals surface area contributed by atoms with Crippen molar-refractivity contribution in [3.05, 3.63) is 53.7 Å². The molecule has 2 aromatic heterocycles. The Kier molecular flexibility index (Phi) is 7.06. The molecule has 4 aromatic rings. The Labute approximate surface area is 239 Å². The van der Waals surface area contributed by atoms with Gasteiger partial charge in [0.05, 0.1) is 17.6 Å². The Bertz CT molecular complexity index is 1620. The number of ether oxygens (including phenoxy) is 1. The molecule has 1 aliphatic heterocycles. The summed E-state index contributed by atoms with van der Waals surface area (Å²) in [4.78, 5) is 18.0. The largest absolute Gasteiger partial charge is 0.463 e. The number of aryl methyl sites for hydroxylation is 1. The van der Waals surface area contributed by atoms with Crippen LogP contribution in [0.15, 0.2) is 36.5 Å². The molecule has 9 heteroatoms. The quantitative estimate of drug-likeness (QED) is 0.293. The van der Waals surface area contributed by atoms with Crippen molar-refractivity contribution < 1.29 is 18.6 Å². The fourth-order valence-corrected chi connectivity index (χ4v) is 6.30. The van der Waals surface area contributed by atoms with Gasteiger partial charge < -0.3 is 19.6 Å². The van der Waals surface area contributed by atoms with E-state index in [1.807, 2.05) is 38.1 Å². The first-order valence-electron chi connectivity index (χ1n) is 14.4. The molecule has 6 rings (SSSR count). The smallest absolute Gasteiger partial charge is 0.319 e. The highest BCUT2D eigenvalue weighted by Crippen LogP contribution is 2.46. The maximum absolute atomic E-state index is 16.6. The monoisotopic (exact) mass is 561 g/mol. The molecule has 1 saturated carbocycles. The van der Waals surface area contributed by atoms with Gasteiger partial charge in [-0.2, -0.15) is 9.97 Å². The summed E-state index contributed by atoms with van der Waals surface area (Å²) in [7, 11) is 4.08. The predicted octanol–water partition coefficient (Wildman–Crippen LogP) is 5.76. The van der Waals surface area contributed by atoms with Crippen molar-refractivity contribution in [2.24, 2.45) is 5.41 Å². The topological polar surface area (TPSA) is 74.6 Å². The van der Waals surface area contributed by atoms with Gasteiger partial charge >= 0.3 is 6.01 Å². The number of nitrogens with zero attached hydrogens (tertiary/aromatic N) is 5. The number of anilines is 1. The lowest BCUT2D eigenvalue weighted by atomic mass is 9.94. The third-order valence-electron chi connectivity index (χ3n) is 8.44. The van der Waals surface area contributed by atoms with E-state index in [0.29, 0.717) is 60.3 Å². The molecular weight excluding hydrogens is 524 g/mol. The van der Waals surface area contributed by atoms with Crippen molar-refractivity contribution in [1.82, 2.24) is 19.9 Å². The Balaban J connectivity index is 1.50. The molecule has 0 spiro atoms. The van der Waals surface area contributed by atoms with Gasteiger partial charge in [-0.1, -0.05) is 31.2 Å². The van der Waals surface area contributed by atoms with Crippen LogP contribution in [-0.4, -0.2) is 70.9 Å². The highest BCUT2D eigenvalue weighted by molar-refractivity contribution is 6.00. The number of aromatic nitrogens is 3. The number of piperidine rings is 1. The molecule has 0 unspecified atom stereocenters. The fraction of sp³-hybridized carbons (Fsp3) is 0.469. The summed E-state index contributed by atoms with van der Waals surface area (Å²) < 4.78 is 37.6. The van der Waals surface area contributed by atoms with Crippen molar-refractivity contribution >= 4 is 27.5 Å². The SMILES string of the molecule is CCc1c(F)ccc2cccc(-c3ncc4c(N5CCC[C@@](C)(O)C5)nc(OCC5(CN(C)C)CC5)nc4c3F)c12. The molecule has 0 amide bonds. The Morgan fingerprint density at radius 3 is 2.61 bits per heavy atom. The van der Waals surface area contributed by atoms with Gasteiger partial charge in [-0.3, -0.25) is 4.98 Å². The summed E-state index contributed by atoms with van der Waals surface area (Å²) in [6.45, 7) is 6.05. The van der Waals surface area contributed by atoms with E-state index in [-0.39, 0.29) is 28.5 Å². The molecule has 1 N–H and O–H groups in total. The van der Waals surface area contributed by atoms with Crippen LogP contribution in [0.4, 0.5) is 14.6 Å². The van der Waals surface area contributed by atoms with E-state index < -0.39 is 11.4 Å². The summed E-state index contributed by atoms with van der Waals surface area (Å²) in [5.41, 5.74) is 0.403. The fourth-order valence-electron chi connectivity index (χ4n) is 6.30. The number of benzene rings is 2. The van der Waals surface area contributed by atoms with E-state index in [9.17, 15) is 9.50 Å². The van der Waals surface area contributed by atoms with Crippen LogP contribution < -0.4 is 9.64 Å². The average molecular weight is 562 g/mol. The average Bonchev–Trinajstić information content (AvgIpc) is 3.70. The van der Waals surface area contributed by atoms with E-state index in [1.54, 1.807) is 25.3 Å². The third-order valence-corrected chi connectivity index (χ3v) is 8.44. The lowest BCUT2D eigenvalue weighted by molar-refractivity contribution is 0.0447.